The second kappa shape index (κ2) is 11.0. The van der Waals surface area contributed by atoms with Gasteiger partial charge in [0.25, 0.3) is 0 Å². The van der Waals surface area contributed by atoms with Crippen LogP contribution in [0.4, 0.5) is 0 Å². The van der Waals surface area contributed by atoms with Gasteiger partial charge in [-0.05, 0) is 116 Å². The van der Waals surface area contributed by atoms with Gasteiger partial charge in [0, 0.05) is 22.7 Å². The molecule has 4 saturated carbocycles. The van der Waals surface area contributed by atoms with E-state index in [1.165, 1.54) is 0 Å². The zero-order valence-electron chi connectivity index (χ0n) is 29.1. The third-order valence-corrected chi connectivity index (χ3v) is 16.0. The highest BCUT2D eigenvalue weighted by atomic mass is 16.6. The molecule has 7 heteroatoms. The Balaban J connectivity index is 1.28. The number of aliphatic hydroxyl groups is 4. The summed E-state index contributed by atoms with van der Waals surface area (Å²) in [6.45, 7) is 8.80. The van der Waals surface area contributed by atoms with Crippen molar-refractivity contribution < 1.29 is 35.1 Å². The van der Waals surface area contributed by atoms with Crippen molar-refractivity contribution in [3.05, 3.63) is 53.6 Å². The number of phenols is 1. The Kier molecular flexibility index (Phi) is 7.58. The van der Waals surface area contributed by atoms with Crippen molar-refractivity contribution in [1.82, 2.24) is 0 Å². The van der Waals surface area contributed by atoms with Crippen molar-refractivity contribution in [3.8, 4) is 5.75 Å². The molecule has 1 aromatic rings. The van der Waals surface area contributed by atoms with Gasteiger partial charge in [-0.15, -0.1) is 0 Å². The van der Waals surface area contributed by atoms with E-state index in [2.05, 4.69) is 39.8 Å². The van der Waals surface area contributed by atoms with Crippen LogP contribution in [0, 0.1) is 51.8 Å². The number of ketones is 1. The minimum atomic E-state index is -1.34. The molecular weight excluding hydrogens is 604 g/mol. The fourth-order valence-electron chi connectivity index (χ4n) is 13.3. The Bertz CT molecular complexity index is 1530. The number of aliphatic hydroxyl groups excluding tert-OH is 2. The van der Waals surface area contributed by atoms with Crippen LogP contribution in [0.15, 0.2) is 48.1 Å². The number of allylic oxidation sites excluding steroid dienone is 2. The summed E-state index contributed by atoms with van der Waals surface area (Å²) in [5, 5.41) is 59.9. The molecule has 1 aromatic carbocycles. The van der Waals surface area contributed by atoms with E-state index in [1.54, 1.807) is 18.2 Å². The highest BCUT2D eigenvalue weighted by molar-refractivity contribution is 5.95. The van der Waals surface area contributed by atoms with Crippen molar-refractivity contribution in [2.45, 2.75) is 134 Å². The highest BCUT2D eigenvalue weighted by Crippen LogP contribution is 2.76. The molecule has 1 spiro atoms. The molecule has 13 atom stereocenters. The Morgan fingerprint density at radius 3 is 2.48 bits per heavy atom. The van der Waals surface area contributed by atoms with E-state index >= 15 is 0 Å². The average molecular weight is 661 g/mol. The molecule has 0 amide bonds. The van der Waals surface area contributed by atoms with Gasteiger partial charge in [-0.3, -0.25) is 4.79 Å². The number of aryl methyl sites for hydroxylation is 1. The summed E-state index contributed by atoms with van der Waals surface area (Å²) < 4.78 is 6.40. The quantitative estimate of drug-likeness (QED) is 0.197. The van der Waals surface area contributed by atoms with Gasteiger partial charge in [-0.1, -0.05) is 64.8 Å². The summed E-state index contributed by atoms with van der Waals surface area (Å²) in [6.07, 6.45) is 11.2. The van der Waals surface area contributed by atoms with Crippen molar-refractivity contribution >= 4 is 5.78 Å². The fourth-order valence-corrected chi connectivity index (χ4v) is 13.3. The van der Waals surface area contributed by atoms with Gasteiger partial charge < -0.3 is 30.3 Å². The first kappa shape index (κ1) is 33.1. The first-order valence-corrected chi connectivity index (χ1v) is 18.9. The lowest BCUT2D eigenvalue weighted by Crippen LogP contribution is -2.70. The van der Waals surface area contributed by atoms with Gasteiger partial charge >= 0.3 is 0 Å². The number of aromatic hydroxyl groups is 1. The first-order valence-electron chi connectivity index (χ1n) is 18.9. The molecule has 6 aliphatic carbocycles. The van der Waals surface area contributed by atoms with Crippen molar-refractivity contribution in [1.29, 1.82) is 0 Å². The molecule has 7 aliphatic rings. The molecule has 1 aliphatic heterocycles. The van der Waals surface area contributed by atoms with Gasteiger partial charge in [0.2, 0.25) is 0 Å². The van der Waals surface area contributed by atoms with E-state index in [0.717, 1.165) is 43.2 Å². The smallest absolute Gasteiger partial charge is 0.159 e. The maximum absolute atomic E-state index is 14.4. The second-order valence-electron chi connectivity index (χ2n) is 17.8. The number of epoxide rings is 1. The number of rotatable bonds is 6. The van der Waals surface area contributed by atoms with E-state index in [1.807, 2.05) is 12.1 Å². The molecule has 0 unspecified atom stereocenters. The highest BCUT2D eigenvalue weighted by Gasteiger charge is 2.77. The third-order valence-electron chi connectivity index (χ3n) is 16.0. The molecular formula is C41H56O7. The van der Waals surface area contributed by atoms with Crippen LogP contribution in [0.1, 0.15) is 97.5 Å². The molecule has 5 fully saturated rings. The Morgan fingerprint density at radius 2 is 1.77 bits per heavy atom. The van der Waals surface area contributed by atoms with Gasteiger partial charge in [-0.2, -0.15) is 0 Å². The maximum atomic E-state index is 14.4. The van der Waals surface area contributed by atoms with Gasteiger partial charge in [0.15, 0.2) is 5.78 Å². The minimum Gasteiger partial charge on any atom is -0.508 e. The second-order valence-corrected chi connectivity index (χ2v) is 17.8. The fraction of sp³-hybridized carbons (Fsp3) is 0.732. The monoisotopic (exact) mass is 660 g/mol. The van der Waals surface area contributed by atoms with Crippen LogP contribution in [0.2, 0.25) is 0 Å². The van der Waals surface area contributed by atoms with Gasteiger partial charge in [0.05, 0.1) is 23.9 Å². The zero-order valence-corrected chi connectivity index (χ0v) is 29.1. The summed E-state index contributed by atoms with van der Waals surface area (Å²) >= 11 is 0. The molecule has 0 bridgehead atoms. The molecule has 8 rings (SSSR count). The predicted octanol–water partition coefficient (Wildman–Crippen LogP) is 5.66. The largest absolute Gasteiger partial charge is 0.508 e. The molecule has 262 valence electrons. The summed E-state index contributed by atoms with van der Waals surface area (Å²) in [7, 11) is 0. The van der Waals surface area contributed by atoms with Crippen LogP contribution in [-0.4, -0.2) is 66.9 Å². The predicted molar refractivity (Wildman–Crippen MR) is 182 cm³/mol. The summed E-state index contributed by atoms with van der Waals surface area (Å²) in [4.78, 5) is 14.4. The lowest BCUT2D eigenvalue weighted by Gasteiger charge is -2.68. The molecule has 0 aromatic heterocycles. The van der Waals surface area contributed by atoms with Crippen LogP contribution in [0.25, 0.3) is 0 Å². The van der Waals surface area contributed by atoms with E-state index in [9.17, 15) is 30.3 Å². The Morgan fingerprint density at radius 1 is 1.02 bits per heavy atom. The van der Waals surface area contributed by atoms with Gasteiger partial charge in [-0.25, -0.2) is 0 Å². The minimum absolute atomic E-state index is 0.0322. The lowest BCUT2D eigenvalue weighted by molar-refractivity contribution is -0.225. The molecule has 7 nitrogen and oxygen atoms in total. The maximum Gasteiger partial charge on any atom is 0.159 e. The number of carbonyl (C=O) groups is 1. The normalized spacial score (nSPS) is 47.7. The number of ether oxygens (including phenoxy) is 1. The molecule has 48 heavy (non-hydrogen) atoms. The van der Waals surface area contributed by atoms with Crippen LogP contribution in [0.3, 0.4) is 0 Å². The number of hydrogen-bond acceptors (Lipinski definition) is 7. The van der Waals surface area contributed by atoms with Gasteiger partial charge in [0.1, 0.15) is 17.5 Å². The van der Waals surface area contributed by atoms with E-state index in [0.29, 0.717) is 38.0 Å². The van der Waals surface area contributed by atoms with Crippen molar-refractivity contribution in [3.63, 3.8) is 0 Å². The Labute approximate surface area is 285 Å². The van der Waals surface area contributed by atoms with Crippen LogP contribution < -0.4 is 0 Å². The molecule has 0 radical (unpaired) electrons. The zero-order chi connectivity index (χ0) is 34.0. The summed E-state index contributed by atoms with van der Waals surface area (Å²) in [6, 6.07) is 7.33. The van der Waals surface area contributed by atoms with Crippen molar-refractivity contribution in [2.24, 2.45) is 51.8 Å². The number of hydrogen-bond donors (Lipinski definition) is 5. The van der Waals surface area contributed by atoms with Crippen molar-refractivity contribution in [2.75, 3.05) is 0 Å². The van der Waals surface area contributed by atoms with E-state index < -0.39 is 45.6 Å². The SMILES string of the molecule is CC(C)[C@@H](C)[C@H]1O[C@H]1[C@]1(O)CC=C[C@H]2C[C@@H]3C(=CC(=O)[C@H]4C[C@@H](O)[C@@H](O)C5(CCCC5)[C@@]43C)[C@@]3(O)CC[C@H]1[C@@]23CCc1cccc(O)c1. The number of phenolic OH excluding ortho intramolecular Hbond substituents is 1. The van der Waals surface area contributed by atoms with Crippen LogP contribution in [-0.2, 0) is 16.0 Å². The number of fused-ring (bicyclic) bond motifs is 5. The average Bonchev–Trinajstić information content (AvgIpc) is 3.61. The summed E-state index contributed by atoms with van der Waals surface area (Å²) in [5.41, 5.74) is -2.70. The summed E-state index contributed by atoms with van der Waals surface area (Å²) in [5.74, 6) is -0.00581. The third kappa shape index (κ3) is 4.14. The first-order chi connectivity index (χ1) is 22.7. The van der Waals surface area contributed by atoms with Crippen LogP contribution in [0.5, 0.6) is 5.75 Å². The molecule has 1 saturated heterocycles. The standard InChI is InChI=1S/C41H56O7/c1-23(2)24(3)34-36(48-34)40(46)16-8-10-26-20-28-29(21-31(43)30-22-32(44)35(45)38(37(28,30)4)14-5-6-15-38)41(47)18-13-33(40)39(26,41)17-12-25-9-7-11-27(42)19-25/h7-11,19,21,23-24,26,28,30,32-36,42,44-47H,5-6,12-18,20,22H2,1-4H3/t24-,26+,28-,30-,32-,33+,34-,35-,36-,37-,39-,40+,41+/m1/s1. The number of benzene rings is 1. The topological polar surface area (TPSA) is 131 Å². The van der Waals surface area contributed by atoms with E-state index in [-0.39, 0.29) is 53.8 Å². The number of carbonyl (C=O) groups excluding carboxylic acids is 1. The molecule has 5 N–H and O–H groups in total. The Hall–Kier alpha value is -2.03. The molecule has 1 heterocycles. The lowest BCUT2D eigenvalue weighted by atomic mass is 9.37. The van der Waals surface area contributed by atoms with Crippen LogP contribution >= 0.6 is 0 Å². The van der Waals surface area contributed by atoms with E-state index in [4.69, 9.17) is 4.74 Å².